The Morgan fingerprint density at radius 3 is 2.52 bits per heavy atom. The van der Waals surface area contributed by atoms with Crippen LogP contribution in [0.5, 0.6) is 0 Å². The Bertz CT molecular complexity index is 1050. The van der Waals surface area contributed by atoms with Crippen LogP contribution in [0.1, 0.15) is 42.3 Å². The number of piperidine rings is 1. The molecule has 0 aliphatic carbocycles. The summed E-state index contributed by atoms with van der Waals surface area (Å²) in [4.78, 5) is 27.5. The number of carbonyl (C=O) groups excluding carboxylic acids is 2. The zero-order valence-electron chi connectivity index (χ0n) is 18.0. The van der Waals surface area contributed by atoms with Crippen molar-refractivity contribution in [2.45, 2.75) is 33.1 Å². The Labute approximate surface area is 182 Å². The smallest absolute Gasteiger partial charge is 0.257 e. The summed E-state index contributed by atoms with van der Waals surface area (Å²) in [7, 11) is 0. The average molecular weight is 421 g/mol. The Hall–Kier alpha value is -3.35. The molecule has 7 nitrogen and oxygen atoms in total. The minimum atomic E-state index is -0.0846. The van der Waals surface area contributed by atoms with Gasteiger partial charge in [-0.05, 0) is 50.5 Å². The topological polar surface area (TPSA) is 80.4 Å². The number of para-hydroxylation sites is 1. The van der Waals surface area contributed by atoms with Gasteiger partial charge in [0.15, 0.2) is 5.76 Å². The molecule has 31 heavy (non-hydrogen) atoms. The number of amides is 2. The van der Waals surface area contributed by atoms with E-state index in [2.05, 4.69) is 10.4 Å². The summed E-state index contributed by atoms with van der Waals surface area (Å²) in [6, 6.07) is 13.4. The molecule has 0 atom stereocenters. The van der Waals surface area contributed by atoms with Gasteiger partial charge in [-0.3, -0.25) is 9.59 Å². The SMILES string of the molecule is CCCNC(=O)C1CCN(C(=O)c2cn(-c3ccccc3)nc2-c2ccc(C)o2)CC1. The molecular formula is C24H28N4O3. The van der Waals surface area contributed by atoms with Gasteiger partial charge in [0.25, 0.3) is 5.91 Å². The summed E-state index contributed by atoms with van der Waals surface area (Å²) in [5, 5.41) is 7.63. The van der Waals surface area contributed by atoms with Crippen LogP contribution < -0.4 is 5.32 Å². The maximum atomic E-state index is 13.4. The first-order valence-corrected chi connectivity index (χ1v) is 10.9. The number of aryl methyl sites for hydroxylation is 1. The summed E-state index contributed by atoms with van der Waals surface area (Å²) in [5.41, 5.74) is 1.91. The van der Waals surface area contributed by atoms with E-state index in [1.807, 2.05) is 61.2 Å². The van der Waals surface area contributed by atoms with Gasteiger partial charge in [-0.2, -0.15) is 5.10 Å². The first kappa shape index (κ1) is 20.9. The third kappa shape index (κ3) is 4.55. The number of carbonyl (C=O) groups is 2. The van der Waals surface area contributed by atoms with Crippen molar-refractivity contribution in [1.82, 2.24) is 20.0 Å². The van der Waals surface area contributed by atoms with Gasteiger partial charge in [0.2, 0.25) is 5.91 Å². The van der Waals surface area contributed by atoms with E-state index in [0.29, 0.717) is 49.5 Å². The molecule has 7 heteroatoms. The molecule has 3 aromatic rings. The van der Waals surface area contributed by atoms with Crippen molar-refractivity contribution in [2.24, 2.45) is 5.92 Å². The largest absolute Gasteiger partial charge is 0.460 e. The van der Waals surface area contributed by atoms with E-state index in [0.717, 1.165) is 17.9 Å². The lowest BCUT2D eigenvalue weighted by Crippen LogP contribution is -2.43. The molecule has 0 spiro atoms. The fraction of sp³-hybridized carbons (Fsp3) is 0.375. The van der Waals surface area contributed by atoms with Crippen LogP contribution >= 0.6 is 0 Å². The summed E-state index contributed by atoms with van der Waals surface area (Å²) in [6.07, 6.45) is 4.03. The molecule has 0 bridgehead atoms. The molecule has 4 rings (SSSR count). The molecule has 1 aliphatic heterocycles. The summed E-state index contributed by atoms with van der Waals surface area (Å²) in [5.74, 6) is 1.32. The van der Waals surface area contributed by atoms with Crippen LogP contribution in [-0.4, -0.2) is 46.1 Å². The molecule has 2 aromatic heterocycles. The second-order valence-electron chi connectivity index (χ2n) is 7.94. The van der Waals surface area contributed by atoms with Gasteiger partial charge in [-0.1, -0.05) is 25.1 Å². The molecule has 0 unspecified atom stereocenters. The molecule has 162 valence electrons. The third-order valence-corrected chi connectivity index (χ3v) is 5.64. The van der Waals surface area contributed by atoms with Gasteiger partial charge < -0.3 is 14.6 Å². The zero-order valence-corrected chi connectivity index (χ0v) is 18.0. The molecule has 1 saturated heterocycles. The van der Waals surface area contributed by atoms with Crippen molar-refractivity contribution >= 4 is 11.8 Å². The number of rotatable bonds is 6. The maximum absolute atomic E-state index is 13.4. The molecule has 0 saturated carbocycles. The monoisotopic (exact) mass is 420 g/mol. The van der Waals surface area contributed by atoms with Crippen LogP contribution in [0, 0.1) is 12.8 Å². The Balaban J connectivity index is 1.56. The lowest BCUT2D eigenvalue weighted by atomic mass is 9.95. The predicted molar refractivity (Wildman–Crippen MR) is 118 cm³/mol. The number of furan rings is 1. The maximum Gasteiger partial charge on any atom is 0.257 e. The fourth-order valence-electron chi connectivity index (χ4n) is 3.89. The minimum Gasteiger partial charge on any atom is -0.460 e. The number of nitrogens with one attached hydrogen (secondary N) is 1. The van der Waals surface area contributed by atoms with Crippen molar-refractivity contribution in [3.8, 4) is 17.1 Å². The van der Waals surface area contributed by atoms with Crippen molar-refractivity contribution < 1.29 is 14.0 Å². The molecule has 2 amide bonds. The van der Waals surface area contributed by atoms with E-state index in [4.69, 9.17) is 4.42 Å². The van der Waals surface area contributed by atoms with Crippen LogP contribution in [0.15, 0.2) is 53.1 Å². The number of hydrogen-bond acceptors (Lipinski definition) is 4. The van der Waals surface area contributed by atoms with E-state index >= 15 is 0 Å². The van der Waals surface area contributed by atoms with Crippen LogP contribution in [0.25, 0.3) is 17.1 Å². The molecule has 1 fully saturated rings. The van der Waals surface area contributed by atoms with Crippen LogP contribution in [0.4, 0.5) is 0 Å². The van der Waals surface area contributed by atoms with E-state index in [-0.39, 0.29) is 17.7 Å². The van der Waals surface area contributed by atoms with E-state index in [1.165, 1.54) is 0 Å². The Morgan fingerprint density at radius 1 is 1.13 bits per heavy atom. The lowest BCUT2D eigenvalue weighted by Gasteiger charge is -2.31. The zero-order chi connectivity index (χ0) is 21.8. The van der Waals surface area contributed by atoms with Crippen LogP contribution in [0.3, 0.4) is 0 Å². The van der Waals surface area contributed by atoms with Crippen LogP contribution in [0.2, 0.25) is 0 Å². The van der Waals surface area contributed by atoms with Gasteiger partial charge in [-0.25, -0.2) is 4.68 Å². The molecular weight excluding hydrogens is 392 g/mol. The van der Waals surface area contributed by atoms with Gasteiger partial charge in [0.05, 0.1) is 11.3 Å². The molecule has 0 radical (unpaired) electrons. The van der Waals surface area contributed by atoms with Gasteiger partial charge in [-0.15, -0.1) is 0 Å². The first-order valence-electron chi connectivity index (χ1n) is 10.9. The average Bonchev–Trinajstić information content (AvgIpc) is 3.44. The molecule has 1 aliphatic rings. The second-order valence-corrected chi connectivity index (χ2v) is 7.94. The highest BCUT2D eigenvalue weighted by Crippen LogP contribution is 2.28. The third-order valence-electron chi connectivity index (χ3n) is 5.64. The van der Waals surface area contributed by atoms with E-state index in [9.17, 15) is 9.59 Å². The highest BCUT2D eigenvalue weighted by molar-refractivity contribution is 5.99. The molecule has 1 N–H and O–H groups in total. The first-order chi connectivity index (χ1) is 15.1. The number of hydrogen-bond donors (Lipinski definition) is 1. The second kappa shape index (κ2) is 9.20. The van der Waals surface area contributed by atoms with Gasteiger partial charge in [0.1, 0.15) is 11.5 Å². The van der Waals surface area contributed by atoms with Gasteiger partial charge >= 0.3 is 0 Å². The van der Waals surface area contributed by atoms with Crippen molar-refractivity contribution in [3.05, 3.63) is 60.0 Å². The number of nitrogens with zero attached hydrogens (tertiary/aromatic N) is 3. The minimum absolute atomic E-state index is 0.0326. The summed E-state index contributed by atoms with van der Waals surface area (Å²) >= 11 is 0. The summed E-state index contributed by atoms with van der Waals surface area (Å²) < 4.78 is 7.50. The highest BCUT2D eigenvalue weighted by Gasteiger charge is 2.30. The Kier molecular flexibility index (Phi) is 6.21. The quantitative estimate of drug-likeness (QED) is 0.657. The summed E-state index contributed by atoms with van der Waals surface area (Å²) in [6.45, 7) is 5.71. The predicted octanol–water partition coefficient (Wildman–Crippen LogP) is 3.82. The normalized spacial score (nSPS) is 14.6. The lowest BCUT2D eigenvalue weighted by molar-refractivity contribution is -0.126. The van der Waals surface area contributed by atoms with Crippen LogP contribution in [-0.2, 0) is 4.79 Å². The van der Waals surface area contributed by atoms with Gasteiger partial charge in [0, 0.05) is 31.7 Å². The van der Waals surface area contributed by atoms with Crippen molar-refractivity contribution in [1.29, 1.82) is 0 Å². The van der Waals surface area contributed by atoms with Crippen molar-refractivity contribution in [3.63, 3.8) is 0 Å². The number of likely N-dealkylation sites (tertiary alicyclic amines) is 1. The Morgan fingerprint density at radius 2 is 1.87 bits per heavy atom. The fourth-order valence-corrected chi connectivity index (χ4v) is 3.89. The van der Waals surface area contributed by atoms with E-state index < -0.39 is 0 Å². The molecule has 3 heterocycles. The standard InChI is InChI=1S/C24H28N4O3/c1-3-13-25-23(29)18-11-14-27(15-12-18)24(30)20-16-28(19-7-5-4-6-8-19)26-22(20)21-10-9-17(2)31-21/h4-10,16,18H,3,11-15H2,1-2H3,(H,25,29). The highest BCUT2D eigenvalue weighted by atomic mass is 16.3. The number of benzene rings is 1. The molecule has 1 aromatic carbocycles. The number of aromatic nitrogens is 2. The van der Waals surface area contributed by atoms with Crippen molar-refractivity contribution in [2.75, 3.05) is 19.6 Å². The van der Waals surface area contributed by atoms with E-state index in [1.54, 1.807) is 10.9 Å².